The third-order valence-corrected chi connectivity index (χ3v) is 1.45. The molecule has 0 aromatic carbocycles. The lowest BCUT2D eigenvalue weighted by Crippen LogP contribution is -2.04. The van der Waals surface area contributed by atoms with E-state index in [2.05, 4.69) is 4.98 Å². The maximum Gasteiger partial charge on any atom is 0.0375 e. The molecule has 0 saturated heterocycles. The summed E-state index contributed by atoms with van der Waals surface area (Å²) in [6.07, 6.45) is 1.79. The quantitative estimate of drug-likeness (QED) is 0.634. The second-order valence-corrected chi connectivity index (χ2v) is 2.52. The summed E-state index contributed by atoms with van der Waals surface area (Å²) in [6, 6.07) is 4.06. The number of pyridine rings is 1. The highest BCUT2D eigenvalue weighted by atomic mass is 14.7. The molecule has 1 unspecified atom stereocenters. The lowest BCUT2D eigenvalue weighted by atomic mass is 10.1. The molecule has 1 heterocycles. The Morgan fingerprint density at radius 1 is 1.60 bits per heavy atom. The van der Waals surface area contributed by atoms with E-state index in [1.54, 1.807) is 6.20 Å². The standard InChI is InChI=1S/C8H12N2/c1-6-5-8(7(2)9)3-4-10-6/h3-5,7H,9H2,1-2H3. The molecule has 10 heavy (non-hydrogen) atoms. The first-order chi connectivity index (χ1) is 4.70. The molecule has 54 valence electrons. The van der Waals surface area contributed by atoms with Gasteiger partial charge in [-0.25, -0.2) is 0 Å². The summed E-state index contributed by atoms with van der Waals surface area (Å²) >= 11 is 0. The van der Waals surface area contributed by atoms with Gasteiger partial charge < -0.3 is 5.73 Å². The summed E-state index contributed by atoms with van der Waals surface area (Å²) in [5.74, 6) is 0. The smallest absolute Gasteiger partial charge is 0.0375 e. The molecule has 1 aromatic rings. The second-order valence-electron chi connectivity index (χ2n) is 2.52. The SMILES string of the molecule is Cc1cc(C(C)N)ccn1. The van der Waals surface area contributed by atoms with Crippen LogP contribution in [0, 0.1) is 6.92 Å². The van der Waals surface area contributed by atoms with Crippen LogP contribution in [-0.2, 0) is 0 Å². The van der Waals surface area contributed by atoms with E-state index in [1.807, 2.05) is 26.0 Å². The molecular formula is C8H12N2. The molecule has 0 saturated carbocycles. The van der Waals surface area contributed by atoms with Gasteiger partial charge in [0.05, 0.1) is 0 Å². The first-order valence-corrected chi connectivity index (χ1v) is 3.38. The molecule has 1 atom stereocenters. The number of hydrogen-bond acceptors (Lipinski definition) is 2. The lowest BCUT2D eigenvalue weighted by Gasteiger charge is -2.04. The molecule has 0 amide bonds. The van der Waals surface area contributed by atoms with E-state index >= 15 is 0 Å². The second kappa shape index (κ2) is 2.80. The van der Waals surface area contributed by atoms with Crippen molar-refractivity contribution in [1.82, 2.24) is 4.98 Å². The Bertz CT molecular complexity index is 218. The molecule has 1 rings (SSSR count). The predicted molar refractivity (Wildman–Crippen MR) is 41.6 cm³/mol. The number of aromatic nitrogens is 1. The molecule has 0 aliphatic rings. The van der Waals surface area contributed by atoms with E-state index < -0.39 is 0 Å². The molecule has 2 heteroatoms. The van der Waals surface area contributed by atoms with Gasteiger partial charge in [-0.05, 0) is 31.5 Å². The minimum Gasteiger partial charge on any atom is -0.324 e. The van der Waals surface area contributed by atoms with Crippen LogP contribution in [-0.4, -0.2) is 4.98 Å². The van der Waals surface area contributed by atoms with E-state index in [0.29, 0.717) is 0 Å². The van der Waals surface area contributed by atoms with Gasteiger partial charge in [0, 0.05) is 17.9 Å². The average molecular weight is 136 g/mol. The van der Waals surface area contributed by atoms with Gasteiger partial charge in [-0.1, -0.05) is 0 Å². The van der Waals surface area contributed by atoms with E-state index in [4.69, 9.17) is 5.73 Å². The predicted octanol–water partition coefficient (Wildman–Crippen LogP) is 1.41. The maximum absolute atomic E-state index is 5.65. The Kier molecular flexibility index (Phi) is 2.02. The van der Waals surface area contributed by atoms with Gasteiger partial charge in [0.1, 0.15) is 0 Å². The summed E-state index contributed by atoms with van der Waals surface area (Å²) in [6.45, 7) is 3.93. The van der Waals surface area contributed by atoms with Crippen molar-refractivity contribution in [2.45, 2.75) is 19.9 Å². The van der Waals surface area contributed by atoms with Crippen molar-refractivity contribution in [3.63, 3.8) is 0 Å². The fourth-order valence-electron chi connectivity index (χ4n) is 0.851. The molecule has 0 radical (unpaired) electrons. The van der Waals surface area contributed by atoms with Crippen LogP contribution in [0.4, 0.5) is 0 Å². The average Bonchev–Trinajstić information content (AvgIpc) is 1.88. The van der Waals surface area contributed by atoms with Crippen molar-refractivity contribution < 1.29 is 0 Å². The zero-order chi connectivity index (χ0) is 7.56. The Hall–Kier alpha value is -0.890. The van der Waals surface area contributed by atoms with Gasteiger partial charge in [0.2, 0.25) is 0 Å². The van der Waals surface area contributed by atoms with Gasteiger partial charge in [-0.2, -0.15) is 0 Å². The molecular weight excluding hydrogens is 124 g/mol. The summed E-state index contributed by atoms with van der Waals surface area (Å²) in [4.78, 5) is 4.07. The highest BCUT2D eigenvalue weighted by Gasteiger charge is 1.97. The third-order valence-electron chi connectivity index (χ3n) is 1.45. The van der Waals surface area contributed by atoms with E-state index in [1.165, 1.54) is 0 Å². The Labute approximate surface area is 61.1 Å². The van der Waals surface area contributed by atoms with Crippen LogP contribution in [0.2, 0.25) is 0 Å². The fourth-order valence-corrected chi connectivity index (χ4v) is 0.851. The molecule has 0 bridgehead atoms. The molecule has 2 N–H and O–H groups in total. The molecule has 1 aromatic heterocycles. The zero-order valence-corrected chi connectivity index (χ0v) is 6.33. The monoisotopic (exact) mass is 136 g/mol. The highest BCUT2D eigenvalue weighted by molar-refractivity contribution is 5.17. The highest BCUT2D eigenvalue weighted by Crippen LogP contribution is 2.08. The third kappa shape index (κ3) is 1.54. The molecule has 0 fully saturated rings. The van der Waals surface area contributed by atoms with Crippen molar-refractivity contribution in [2.24, 2.45) is 5.73 Å². The Morgan fingerprint density at radius 3 is 2.70 bits per heavy atom. The molecule has 0 aliphatic carbocycles. The van der Waals surface area contributed by atoms with Crippen LogP contribution in [0.3, 0.4) is 0 Å². The fraction of sp³-hybridized carbons (Fsp3) is 0.375. The van der Waals surface area contributed by atoms with Gasteiger partial charge in [0.15, 0.2) is 0 Å². The normalized spacial score (nSPS) is 13.1. The van der Waals surface area contributed by atoms with E-state index in [0.717, 1.165) is 11.3 Å². The van der Waals surface area contributed by atoms with Crippen molar-refractivity contribution >= 4 is 0 Å². The van der Waals surface area contributed by atoms with Crippen LogP contribution in [0.5, 0.6) is 0 Å². The topological polar surface area (TPSA) is 38.9 Å². The van der Waals surface area contributed by atoms with E-state index in [-0.39, 0.29) is 6.04 Å². The Balaban J connectivity index is 2.96. The summed E-state index contributed by atoms with van der Waals surface area (Å²) in [7, 11) is 0. The number of nitrogens with two attached hydrogens (primary N) is 1. The Morgan fingerprint density at radius 2 is 2.30 bits per heavy atom. The largest absolute Gasteiger partial charge is 0.324 e. The van der Waals surface area contributed by atoms with Gasteiger partial charge >= 0.3 is 0 Å². The van der Waals surface area contributed by atoms with Crippen LogP contribution in [0.1, 0.15) is 24.2 Å². The molecule has 2 nitrogen and oxygen atoms in total. The molecule has 0 spiro atoms. The number of rotatable bonds is 1. The van der Waals surface area contributed by atoms with Crippen LogP contribution < -0.4 is 5.73 Å². The number of hydrogen-bond donors (Lipinski definition) is 1. The first kappa shape index (κ1) is 7.22. The van der Waals surface area contributed by atoms with Crippen molar-refractivity contribution in [3.05, 3.63) is 29.6 Å². The zero-order valence-electron chi connectivity index (χ0n) is 6.33. The van der Waals surface area contributed by atoms with E-state index in [9.17, 15) is 0 Å². The van der Waals surface area contributed by atoms with Crippen molar-refractivity contribution in [2.75, 3.05) is 0 Å². The number of aryl methyl sites for hydroxylation is 1. The first-order valence-electron chi connectivity index (χ1n) is 3.38. The number of nitrogens with zero attached hydrogens (tertiary/aromatic N) is 1. The van der Waals surface area contributed by atoms with Gasteiger partial charge in [-0.15, -0.1) is 0 Å². The van der Waals surface area contributed by atoms with Gasteiger partial charge in [0.25, 0.3) is 0 Å². The minimum absolute atomic E-state index is 0.113. The van der Waals surface area contributed by atoms with Crippen LogP contribution >= 0.6 is 0 Å². The van der Waals surface area contributed by atoms with Crippen molar-refractivity contribution in [3.8, 4) is 0 Å². The van der Waals surface area contributed by atoms with Gasteiger partial charge in [-0.3, -0.25) is 4.98 Å². The summed E-state index contributed by atoms with van der Waals surface area (Å²) in [5.41, 5.74) is 7.82. The minimum atomic E-state index is 0.113. The molecule has 0 aliphatic heterocycles. The summed E-state index contributed by atoms with van der Waals surface area (Å²) < 4.78 is 0. The van der Waals surface area contributed by atoms with Crippen LogP contribution in [0.25, 0.3) is 0 Å². The maximum atomic E-state index is 5.65. The summed E-state index contributed by atoms with van der Waals surface area (Å²) in [5, 5.41) is 0. The lowest BCUT2D eigenvalue weighted by molar-refractivity contribution is 0.813. The van der Waals surface area contributed by atoms with Crippen molar-refractivity contribution in [1.29, 1.82) is 0 Å². The van der Waals surface area contributed by atoms with Crippen LogP contribution in [0.15, 0.2) is 18.3 Å².